The predicted octanol–water partition coefficient (Wildman–Crippen LogP) is 1.68. The first-order chi connectivity index (χ1) is 15.4. The Morgan fingerprint density at radius 1 is 1.09 bits per heavy atom. The predicted molar refractivity (Wildman–Crippen MR) is 120 cm³/mol. The molecular weight excluding hydrogens is 410 g/mol. The molecule has 0 aliphatic heterocycles. The third-order valence-corrected chi connectivity index (χ3v) is 5.97. The van der Waals surface area contributed by atoms with Gasteiger partial charge in [0.05, 0.1) is 5.41 Å². The first-order valence-electron chi connectivity index (χ1n) is 10.4. The number of carbonyl (C=O) groups excluding carboxylic acids is 2. The van der Waals surface area contributed by atoms with Crippen LogP contribution >= 0.6 is 0 Å². The van der Waals surface area contributed by atoms with Gasteiger partial charge in [-0.05, 0) is 72.7 Å². The molecule has 0 spiro atoms. The Bertz CT molecular complexity index is 1170. The van der Waals surface area contributed by atoms with Gasteiger partial charge in [-0.25, -0.2) is 4.79 Å². The van der Waals surface area contributed by atoms with Gasteiger partial charge in [-0.3, -0.25) is 9.59 Å². The zero-order valence-corrected chi connectivity index (χ0v) is 17.9. The van der Waals surface area contributed by atoms with Crippen LogP contribution < -0.4 is 22.1 Å². The van der Waals surface area contributed by atoms with E-state index in [1.165, 1.54) is 4.74 Å². The quantitative estimate of drug-likeness (QED) is 0.484. The molecule has 1 heterocycles. The van der Waals surface area contributed by atoms with E-state index >= 15 is 0 Å². The molecule has 1 aromatic heterocycles. The summed E-state index contributed by atoms with van der Waals surface area (Å²) in [7, 11) is 1.65. The van der Waals surface area contributed by atoms with Gasteiger partial charge in [0.25, 0.3) is 0 Å². The van der Waals surface area contributed by atoms with E-state index in [0.717, 1.165) is 22.3 Å². The van der Waals surface area contributed by atoms with E-state index < -0.39 is 11.2 Å². The molecule has 0 fully saturated rings. The third-order valence-electron chi connectivity index (χ3n) is 5.97. The van der Waals surface area contributed by atoms with Crippen LogP contribution in [0, 0.1) is 0 Å². The highest BCUT2D eigenvalue weighted by Crippen LogP contribution is 2.47. The first-order valence-corrected chi connectivity index (χ1v) is 10.4. The summed E-state index contributed by atoms with van der Waals surface area (Å²) in [4.78, 5) is 38.4. The standard InChI is InChI=1S/C23H25N5O4/c1-14(24)11-23(21-27-22(31)32-28(21)2)19-7-5-17(25-12-29)9-15(19)3-4-16-10-18(26-13-30)6-8-20(16)23/h5-10,12-14H,3-4,11,24H2,1-2H3,(H,25,29)(H,26,30)/t14-/m1/s1. The van der Waals surface area contributed by atoms with E-state index in [4.69, 9.17) is 10.3 Å². The minimum absolute atomic E-state index is 0.235. The molecule has 9 heteroatoms. The Morgan fingerprint density at radius 2 is 1.62 bits per heavy atom. The summed E-state index contributed by atoms with van der Waals surface area (Å²) in [6, 6.07) is 11.2. The minimum Gasteiger partial charge on any atom is -0.329 e. The van der Waals surface area contributed by atoms with Crippen LogP contribution in [-0.4, -0.2) is 28.6 Å². The van der Waals surface area contributed by atoms with Crippen LogP contribution in [-0.2, 0) is 34.9 Å². The van der Waals surface area contributed by atoms with Crippen LogP contribution in [0.25, 0.3) is 0 Å². The van der Waals surface area contributed by atoms with Crippen molar-refractivity contribution >= 4 is 24.2 Å². The van der Waals surface area contributed by atoms with E-state index in [1.54, 1.807) is 7.05 Å². The fourth-order valence-corrected chi connectivity index (χ4v) is 4.90. The number of carbonyl (C=O) groups is 2. The molecule has 2 aromatic carbocycles. The number of fused-ring (bicyclic) bond motifs is 2. The van der Waals surface area contributed by atoms with E-state index in [1.807, 2.05) is 43.3 Å². The van der Waals surface area contributed by atoms with Crippen molar-refractivity contribution in [2.24, 2.45) is 12.8 Å². The lowest BCUT2D eigenvalue weighted by Crippen LogP contribution is -2.39. The molecule has 2 amide bonds. The van der Waals surface area contributed by atoms with Crippen molar-refractivity contribution in [3.63, 3.8) is 0 Å². The normalized spacial score (nSPS) is 15.1. The topological polar surface area (TPSA) is 132 Å². The molecular formula is C23H25N5O4. The van der Waals surface area contributed by atoms with Gasteiger partial charge in [0.2, 0.25) is 12.8 Å². The number of aromatic nitrogens is 2. The lowest BCUT2D eigenvalue weighted by atomic mass is 9.68. The fraction of sp³-hybridized carbons (Fsp3) is 0.304. The fourth-order valence-electron chi connectivity index (χ4n) is 4.90. The number of hydrogen-bond donors (Lipinski definition) is 3. The summed E-state index contributed by atoms with van der Waals surface area (Å²) < 4.78 is 6.66. The summed E-state index contributed by atoms with van der Waals surface area (Å²) in [5, 5.41) is 5.41. The second kappa shape index (κ2) is 8.43. The van der Waals surface area contributed by atoms with Gasteiger partial charge in [-0.15, -0.1) is 0 Å². The Kier molecular flexibility index (Phi) is 5.67. The van der Waals surface area contributed by atoms with Crippen LogP contribution in [0.4, 0.5) is 11.4 Å². The van der Waals surface area contributed by atoms with Crippen LogP contribution in [0.3, 0.4) is 0 Å². The summed E-state index contributed by atoms with van der Waals surface area (Å²) in [5.74, 6) is -0.228. The highest BCUT2D eigenvalue weighted by molar-refractivity contribution is 5.74. The maximum atomic E-state index is 12.1. The zero-order valence-electron chi connectivity index (χ0n) is 17.9. The van der Waals surface area contributed by atoms with Crippen LogP contribution in [0.1, 0.15) is 41.4 Å². The number of benzene rings is 2. The zero-order chi connectivity index (χ0) is 22.9. The van der Waals surface area contributed by atoms with E-state index in [2.05, 4.69) is 15.6 Å². The van der Waals surface area contributed by atoms with Crippen molar-refractivity contribution in [3.05, 3.63) is 75.0 Å². The molecule has 0 radical (unpaired) electrons. The number of nitrogens with one attached hydrogen (secondary N) is 2. The number of rotatable bonds is 7. The molecule has 0 unspecified atom stereocenters. The molecule has 4 N–H and O–H groups in total. The second-order valence-electron chi connectivity index (χ2n) is 8.15. The molecule has 9 nitrogen and oxygen atoms in total. The highest BCUT2D eigenvalue weighted by atomic mass is 16.5. The minimum atomic E-state index is -0.865. The lowest BCUT2D eigenvalue weighted by Gasteiger charge is -2.36. The smallest absolute Gasteiger partial charge is 0.329 e. The molecule has 1 aliphatic carbocycles. The average Bonchev–Trinajstić information content (AvgIpc) is 3.03. The largest absolute Gasteiger partial charge is 0.459 e. The first kappa shape index (κ1) is 21.5. The monoisotopic (exact) mass is 435 g/mol. The Balaban J connectivity index is 2.08. The van der Waals surface area contributed by atoms with Gasteiger partial charge >= 0.3 is 5.76 Å². The van der Waals surface area contributed by atoms with Crippen LogP contribution in [0.2, 0.25) is 0 Å². The highest BCUT2D eigenvalue weighted by Gasteiger charge is 2.45. The van der Waals surface area contributed by atoms with Gasteiger partial charge in [0.1, 0.15) is 0 Å². The van der Waals surface area contributed by atoms with Crippen molar-refractivity contribution in [1.82, 2.24) is 9.72 Å². The van der Waals surface area contributed by atoms with Crippen molar-refractivity contribution in [1.29, 1.82) is 0 Å². The molecule has 0 saturated carbocycles. The maximum Gasteiger partial charge on any atom is 0.459 e. The number of hydrogen-bond acceptors (Lipinski definition) is 6. The van der Waals surface area contributed by atoms with Gasteiger partial charge < -0.3 is 20.9 Å². The molecule has 3 aromatic rings. The number of aryl methyl sites for hydroxylation is 3. The summed E-state index contributed by atoms with van der Waals surface area (Å²) in [6.45, 7) is 1.91. The maximum absolute atomic E-state index is 12.1. The number of nitrogens with two attached hydrogens (primary N) is 1. The number of anilines is 2. The summed E-state index contributed by atoms with van der Waals surface area (Å²) in [6.07, 6.45) is 3.12. The third kappa shape index (κ3) is 3.60. The van der Waals surface area contributed by atoms with Gasteiger partial charge in [-0.2, -0.15) is 9.72 Å². The lowest BCUT2D eigenvalue weighted by molar-refractivity contribution is -0.106. The molecule has 32 heavy (non-hydrogen) atoms. The van der Waals surface area contributed by atoms with E-state index in [-0.39, 0.29) is 6.04 Å². The van der Waals surface area contributed by atoms with Crippen molar-refractivity contribution < 1.29 is 14.1 Å². The van der Waals surface area contributed by atoms with Gasteiger partial charge in [-0.1, -0.05) is 12.1 Å². The molecule has 166 valence electrons. The van der Waals surface area contributed by atoms with Crippen LogP contribution in [0.15, 0.2) is 45.7 Å². The molecule has 1 atom stereocenters. The van der Waals surface area contributed by atoms with E-state index in [0.29, 0.717) is 49.3 Å². The second-order valence-corrected chi connectivity index (χ2v) is 8.15. The van der Waals surface area contributed by atoms with Gasteiger partial charge in [0.15, 0.2) is 5.82 Å². The van der Waals surface area contributed by atoms with Gasteiger partial charge in [0, 0.05) is 24.5 Å². The molecule has 1 aliphatic rings. The Morgan fingerprint density at radius 3 is 2.03 bits per heavy atom. The number of nitrogens with zero attached hydrogens (tertiary/aromatic N) is 2. The molecule has 0 bridgehead atoms. The molecule has 4 rings (SSSR count). The average molecular weight is 435 g/mol. The number of amides is 2. The molecule has 0 saturated heterocycles. The van der Waals surface area contributed by atoms with Crippen molar-refractivity contribution in [3.8, 4) is 0 Å². The van der Waals surface area contributed by atoms with Crippen molar-refractivity contribution in [2.45, 2.75) is 37.6 Å². The SMILES string of the molecule is C[C@@H](N)CC1(c2nc(=O)on2C)c2ccc(NC=O)cc2CCc2cc(NC=O)ccc21. The van der Waals surface area contributed by atoms with Crippen LogP contribution in [0.5, 0.6) is 0 Å². The van der Waals surface area contributed by atoms with Crippen molar-refractivity contribution in [2.75, 3.05) is 10.6 Å². The van der Waals surface area contributed by atoms with E-state index in [9.17, 15) is 14.4 Å². The Hall–Kier alpha value is -3.72. The Labute approximate surface area is 184 Å². The summed E-state index contributed by atoms with van der Waals surface area (Å²) in [5.41, 5.74) is 10.8. The summed E-state index contributed by atoms with van der Waals surface area (Å²) >= 11 is 0.